The lowest BCUT2D eigenvalue weighted by Gasteiger charge is -2.41. The monoisotopic (exact) mass is 327 g/mol. The third-order valence-corrected chi connectivity index (χ3v) is 4.23. The number of ether oxygens (including phenoxy) is 1. The van der Waals surface area contributed by atoms with Gasteiger partial charge in [-0.05, 0) is 32.9 Å². The van der Waals surface area contributed by atoms with Crippen molar-refractivity contribution in [1.29, 1.82) is 0 Å². The number of aromatic nitrogens is 1. The van der Waals surface area contributed by atoms with Crippen molar-refractivity contribution in [2.24, 2.45) is 0 Å². The summed E-state index contributed by atoms with van der Waals surface area (Å²) in [5, 5.41) is 2.70. The quantitative estimate of drug-likeness (QED) is 0.889. The van der Waals surface area contributed by atoms with Crippen molar-refractivity contribution in [2.45, 2.75) is 37.5 Å². The first kappa shape index (κ1) is 16.7. The van der Waals surface area contributed by atoms with Crippen molar-refractivity contribution in [3.05, 3.63) is 18.3 Å². The zero-order valence-electron chi connectivity index (χ0n) is 13.2. The van der Waals surface area contributed by atoms with Crippen molar-refractivity contribution in [3.8, 4) is 0 Å². The normalized spacial score (nSPS) is 21.5. The van der Waals surface area contributed by atoms with Crippen LogP contribution in [0.25, 0.3) is 0 Å². The summed E-state index contributed by atoms with van der Waals surface area (Å²) in [7, 11) is -3.34. The number of carbonyl (C=O) groups excluding carboxylic acids is 1. The molecule has 1 saturated heterocycles. The molecule has 2 amide bonds. The van der Waals surface area contributed by atoms with Gasteiger partial charge in [0.15, 0.2) is 14.9 Å². The third kappa shape index (κ3) is 4.17. The molecule has 7 nitrogen and oxygen atoms in total. The second kappa shape index (κ2) is 5.85. The summed E-state index contributed by atoms with van der Waals surface area (Å²) >= 11 is 0. The molecule has 0 saturated carbocycles. The predicted molar refractivity (Wildman–Crippen MR) is 82.6 cm³/mol. The van der Waals surface area contributed by atoms with Gasteiger partial charge in [-0.15, -0.1) is 0 Å². The highest BCUT2D eigenvalue weighted by Crippen LogP contribution is 2.21. The molecule has 1 aromatic heterocycles. The number of sulfone groups is 1. The summed E-state index contributed by atoms with van der Waals surface area (Å²) in [4.78, 5) is 17.8. The zero-order valence-corrected chi connectivity index (χ0v) is 14.0. The summed E-state index contributed by atoms with van der Waals surface area (Å²) in [6, 6.07) is 2.64. The van der Waals surface area contributed by atoms with E-state index in [4.69, 9.17) is 4.74 Å². The van der Waals surface area contributed by atoms with Crippen LogP contribution in [0.4, 0.5) is 10.5 Å². The first-order valence-electron chi connectivity index (χ1n) is 6.97. The molecule has 0 radical (unpaired) electrons. The highest BCUT2D eigenvalue weighted by molar-refractivity contribution is 7.90. The molecule has 0 aliphatic carbocycles. The van der Waals surface area contributed by atoms with Crippen LogP contribution in [0.3, 0.4) is 0 Å². The topological polar surface area (TPSA) is 88.6 Å². The first-order chi connectivity index (χ1) is 10.1. The molecule has 1 atom stereocenters. The Morgan fingerprint density at radius 2 is 2.14 bits per heavy atom. The number of nitrogens with one attached hydrogen (secondary N) is 1. The van der Waals surface area contributed by atoms with Crippen LogP contribution in [-0.2, 0) is 14.6 Å². The Kier molecular flexibility index (Phi) is 4.44. The maximum Gasteiger partial charge on any atom is 0.322 e. The van der Waals surface area contributed by atoms with Gasteiger partial charge in [-0.1, -0.05) is 0 Å². The fourth-order valence-electron chi connectivity index (χ4n) is 2.48. The molecule has 1 N–H and O–H groups in total. The van der Waals surface area contributed by atoms with Crippen LogP contribution < -0.4 is 5.32 Å². The molecule has 1 fully saturated rings. The lowest BCUT2D eigenvalue weighted by atomic mass is 10.1. The molecule has 1 aliphatic heterocycles. The minimum absolute atomic E-state index is 0.0216. The van der Waals surface area contributed by atoms with E-state index < -0.39 is 15.4 Å². The van der Waals surface area contributed by atoms with Gasteiger partial charge in [0.2, 0.25) is 0 Å². The van der Waals surface area contributed by atoms with E-state index in [1.807, 2.05) is 20.8 Å². The lowest BCUT2D eigenvalue weighted by molar-refractivity contribution is -0.116. The van der Waals surface area contributed by atoms with E-state index in [2.05, 4.69) is 10.3 Å². The Morgan fingerprint density at radius 3 is 2.64 bits per heavy atom. The maximum atomic E-state index is 12.3. The third-order valence-electron chi connectivity index (χ3n) is 3.22. The number of rotatable bonds is 2. The second-order valence-electron chi connectivity index (χ2n) is 6.16. The molecule has 0 aromatic carbocycles. The largest absolute Gasteiger partial charge is 0.369 e. The molecule has 22 heavy (non-hydrogen) atoms. The molecule has 1 unspecified atom stereocenters. The average Bonchev–Trinajstić information content (AvgIpc) is 2.35. The number of amides is 2. The number of carbonyl (C=O) groups is 1. The highest BCUT2D eigenvalue weighted by atomic mass is 32.2. The van der Waals surface area contributed by atoms with E-state index in [1.165, 1.54) is 18.3 Å². The van der Waals surface area contributed by atoms with E-state index in [1.54, 1.807) is 4.90 Å². The minimum atomic E-state index is -3.34. The Balaban J connectivity index is 2.06. The molecule has 2 rings (SSSR count). The Hall–Kier alpha value is -1.67. The number of pyridine rings is 1. The van der Waals surface area contributed by atoms with Gasteiger partial charge in [0.05, 0.1) is 30.1 Å². The lowest BCUT2D eigenvalue weighted by Crippen LogP contribution is -2.54. The number of morpholine rings is 1. The Morgan fingerprint density at radius 1 is 1.45 bits per heavy atom. The Labute approximate surface area is 130 Å². The molecule has 8 heteroatoms. The van der Waals surface area contributed by atoms with Gasteiger partial charge in [-0.2, -0.15) is 0 Å². The van der Waals surface area contributed by atoms with E-state index in [0.29, 0.717) is 18.8 Å². The van der Waals surface area contributed by atoms with Crippen molar-refractivity contribution in [2.75, 3.05) is 24.7 Å². The number of anilines is 1. The van der Waals surface area contributed by atoms with E-state index in [0.717, 1.165) is 6.26 Å². The summed E-state index contributed by atoms with van der Waals surface area (Å²) in [6.45, 7) is 6.78. The Bertz CT molecular complexity index is 655. The predicted octanol–water partition coefficient (Wildman–Crippen LogP) is 1.52. The van der Waals surface area contributed by atoms with E-state index in [9.17, 15) is 13.2 Å². The van der Waals surface area contributed by atoms with Crippen molar-refractivity contribution in [3.63, 3.8) is 0 Å². The van der Waals surface area contributed by atoms with Crippen molar-refractivity contribution < 1.29 is 17.9 Å². The summed E-state index contributed by atoms with van der Waals surface area (Å²) in [5.74, 6) is 0. The fourth-order valence-corrected chi connectivity index (χ4v) is 3.04. The number of nitrogens with zero attached hydrogens (tertiary/aromatic N) is 2. The van der Waals surface area contributed by atoms with Crippen LogP contribution in [0, 0.1) is 0 Å². The minimum Gasteiger partial charge on any atom is -0.369 e. The van der Waals surface area contributed by atoms with Gasteiger partial charge >= 0.3 is 6.03 Å². The summed E-state index contributed by atoms with van der Waals surface area (Å²) in [6.07, 6.45) is 2.38. The standard InChI is InChI=1S/C14H21N3O4S/c1-10-8-17(9-14(2,3)21-10)13(18)16-11-5-6-12(15-7-11)22(4,19)20/h5-7,10H,8-9H2,1-4H3,(H,16,18). The highest BCUT2D eigenvalue weighted by Gasteiger charge is 2.33. The smallest absolute Gasteiger partial charge is 0.322 e. The van der Waals surface area contributed by atoms with Gasteiger partial charge in [0, 0.05) is 12.8 Å². The molecule has 122 valence electrons. The summed E-state index contributed by atoms with van der Waals surface area (Å²) < 4.78 is 28.5. The number of hydrogen-bond acceptors (Lipinski definition) is 5. The van der Waals surface area contributed by atoms with Crippen LogP contribution in [0.15, 0.2) is 23.4 Å². The zero-order chi connectivity index (χ0) is 16.5. The van der Waals surface area contributed by atoms with Crippen molar-refractivity contribution >= 4 is 21.6 Å². The van der Waals surface area contributed by atoms with Gasteiger partial charge in [0.25, 0.3) is 0 Å². The molecule has 0 bridgehead atoms. The van der Waals surface area contributed by atoms with E-state index >= 15 is 0 Å². The van der Waals surface area contributed by atoms with Crippen LogP contribution in [0.1, 0.15) is 20.8 Å². The maximum absolute atomic E-state index is 12.3. The van der Waals surface area contributed by atoms with Gasteiger partial charge in [0.1, 0.15) is 0 Å². The van der Waals surface area contributed by atoms with Crippen LogP contribution in [-0.4, -0.2) is 55.4 Å². The number of urea groups is 1. The average molecular weight is 327 g/mol. The van der Waals surface area contributed by atoms with Gasteiger partial charge < -0.3 is 15.0 Å². The van der Waals surface area contributed by atoms with Crippen LogP contribution in [0.2, 0.25) is 0 Å². The van der Waals surface area contributed by atoms with Gasteiger partial charge in [-0.25, -0.2) is 18.2 Å². The molecular formula is C14H21N3O4S. The summed E-state index contributed by atoms with van der Waals surface area (Å²) in [5.41, 5.74) is 0.0577. The number of hydrogen-bond donors (Lipinski definition) is 1. The molecule has 0 spiro atoms. The molecule has 2 heterocycles. The molecule has 1 aliphatic rings. The van der Waals surface area contributed by atoms with Crippen LogP contribution >= 0.6 is 0 Å². The fraction of sp³-hybridized carbons (Fsp3) is 0.571. The SMILES string of the molecule is CC1CN(C(=O)Nc2ccc(S(C)(=O)=O)nc2)CC(C)(C)O1. The molecular weight excluding hydrogens is 306 g/mol. The van der Waals surface area contributed by atoms with E-state index in [-0.39, 0.29) is 17.2 Å². The molecule has 1 aromatic rings. The van der Waals surface area contributed by atoms with Gasteiger partial charge in [-0.3, -0.25) is 0 Å². The second-order valence-corrected chi connectivity index (χ2v) is 8.12. The van der Waals surface area contributed by atoms with Crippen molar-refractivity contribution in [1.82, 2.24) is 9.88 Å². The first-order valence-corrected chi connectivity index (χ1v) is 8.86. The van der Waals surface area contributed by atoms with Crippen LogP contribution in [0.5, 0.6) is 0 Å².